The van der Waals surface area contributed by atoms with Crippen LogP contribution >= 0.6 is 11.6 Å². The number of rotatable bonds is 7. The van der Waals surface area contributed by atoms with Crippen LogP contribution in [0.4, 0.5) is 0 Å². The summed E-state index contributed by atoms with van der Waals surface area (Å²) in [7, 11) is 0. The summed E-state index contributed by atoms with van der Waals surface area (Å²) in [5, 5.41) is 12.7. The minimum absolute atomic E-state index is 0.0223. The van der Waals surface area contributed by atoms with Gasteiger partial charge in [0.05, 0.1) is 18.3 Å². The Morgan fingerprint density at radius 2 is 2.09 bits per heavy atom. The van der Waals surface area contributed by atoms with Gasteiger partial charge in [-0.05, 0) is 56.2 Å². The molecule has 174 valence electrons. The number of aromatic nitrogens is 4. The van der Waals surface area contributed by atoms with Crippen molar-refractivity contribution >= 4 is 23.2 Å². The number of dihydropyridines is 1. The van der Waals surface area contributed by atoms with E-state index in [2.05, 4.69) is 20.5 Å². The standard InChI is InChI=1S/C25H25ClN6O2/c1-2-34-20-9-10-21(28-15-20)24-31-30-23(32(24)19-7-5-6-17(26)14-19)16-12-18(13-16)29-25(33)22-8-3-4-11-27-22/h3-11,14,16,18,20H,2,12-13,15H2,1H3,(H,29,33)/t16-,18-,20?. The molecule has 1 aliphatic carbocycles. The van der Waals surface area contributed by atoms with Gasteiger partial charge in [0.25, 0.3) is 5.91 Å². The fourth-order valence-electron chi connectivity index (χ4n) is 4.27. The summed E-state index contributed by atoms with van der Waals surface area (Å²) in [6.07, 6.45) is 7.08. The summed E-state index contributed by atoms with van der Waals surface area (Å²) in [5.74, 6) is 1.50. The second-order valence-corrected chi connectivity index (χ2v) is 8.77. The van der Waals surface area contributed by atoms with Crippen LogP contribution in [0, 0.1) is 0 Å². The molecule has 2 aliphatic rings. The van der Waals surface area contributed by atoms with Crippen molar-refractivity contribution < 1.29 is 9.53 Å². The predicted octanol–water partition coefficient (Wildman–Crippen LogP) is 3.76. The first-order chi connectivity index (χ1) is 16.6. The Balaban J connectivity index is 1.37. The molecule has 0 spiro atoms. The molecule has 34 heavy (non-hydrogen) atoms. The van der Waals surface area contributed by atoms with Crippen LogP contribution in [-0.4, -0.2) is 56.7 Å². The fraction of sp³-hybridized carbons (Fsp3) is 0.320. The number of hydrogen-bond donors (Lipinski definition) is 1. The molecule has 0 radical (unpaired) electrons. The SMILES string of the molecule is CCOC1C=CC(c2nnc([C@H]3C[C@H](NC(=O)c4ccccn4)C3)n2-c2cccc(Cl)c2)=NC1. The second kappa shape index (κ2) is 9.87. The molecule has 1 aliphatic heterocycles. The van der Waals surface area contributed by atoms with Crippen LogP contribution in [0.25, 0.3) is 5.69 Å². The van der Waals surface area contributed by atoms with Crippen LogP contribution in [0.2, 0.25) is 5.02 Å². The number of hydrogen-bond acceptors (Lipinski definition) is 6. The smallest absolute Gasteiger partial charge is 0.270 e. The van der Waals surface area contributed by atoms with Gasteiger partial charge in [-0.15, -0.1) is 10.2 Å². The summed E-state index contributed by atoms with van der Waals surface area (Å²) in [4.78, 5) is 21.3. The van der Waals surface area contributed by atoms with E-state index in [0.717, 1.165) is 30.1 Å². The fourth-order valence-corrected chi connectivity index (χ4v) is 4.45. The summed E-state index contributed by atoms with van der Waals surface area (Å²) >= 11 is 6.30. The van der Waals surface area contributed by atoms with E-state index in [1.165, 1.54) is 0 Å². The van der Waals surface area contributed by atoms with Crippen molar-refractivity contribution in [1.29, 1.82) is 0 Å². The van der Waals surface area contributed by atoms with E-state index < -0.39 is 0 Å². The molecule has 1 unspecified atom stereocenters. The number of carbonyl (C=O) groups excluding carboxylic acids is 1. The first-order valence-electron chi connectivity index (χ1n) is 11.4. The number of carbonyl (C=O) groups is 1. The van der Waals surface area contributed by atoms with Gasteiger partial charge in [0, 0.05) is 29.8 Å². The van der Waals surface area contributed by atoms with Gasteiger partial charge in [0.2, 0.25) is 0 Å². The van der Waals surface area contributed by atoms with E-state index >= 15 is 0 Å². The van der Waals surface area contributed by atoms with Gasteiger partial charge in [0.1, 0.15) is 17.2 Å². The van der Waals surface area contributed by atoms with Crippen LogP contribution in [0.1, 0.15) is 47.8 Å². The minimum Gasteiger partial charge on any atom is -0.372 e. The molecule has 1 atom stereocenters. The van der Waals surface area contributed by atoms with Crippen molar-refractivity contribution in [2.45, 2.75) is 37.8 Å². The van der Waals surface area contributed by atoms with Crippen LogP contribution in [0.3, 0.4) is 0 Å². The van der Waals surface area contributed by atoms with Crippen molar-refractivity contribution in [3.63, 3.8) is 0 Å². The highest BCUT2D eigenvalue weighted by Crippen LogP contribution is 2.37. The Bertz CT molecular complexity index is 1230. The third-order valence-electron chi connectivity index (χ3n) is 6.01. The van der Waals surface area contributed by atoms with E-state index in [4.69, 9.17) is 21.3 Å². The molecule has 1 saturated carbocycles. The Kier molecular flexibility index (Phi) is 6.51. The molecule has 3 heterocycles. The Labute approximate surface area is 202 Å². The lowest BCUT2D eigenvalue weighted by Gasteiger charge is -2.35. The lowest BCUT2D eigenvalue weighted by molar-refractivity contribution is 0.0902. The largest absolute Gasteiger partial charge is 0.372 e. The molecule has 9 heteroatoms. The maximum Gasteiger partial charge on any atom is 0.270 e. The van der Waals surface area contributed by atoms with Gasteiger partial charge in [-0.3, -0.25) is 19.3 Å². The van der Waals surface area contributed by atoms with Gasteiger partial charge in [-0.1, -0.05) is 29.8 Å². The highest BCUT2D eigenvalue weighted by molar-refractivity contribution is 6.30. The monoisotopic (exact) mass is 476 g/mol. The third kappa shape index (κ3) is 4.64. The number of ether oxygens (including phenoxy) is 1. The molecular formula is C25H25ClN6O2. The predicted molar refractivity (Wildman–Crippen MR) is 130 cm³/mol. The molecule has 1 amide bonds. The topological polar surface area (TPSA) is 94.3 Å². The Morgan fingerprint density at radius 3 is 2.79 bits per heavy atom. The van der Waals surface area contributed by atoms with Crippen LogP contribution in [0.5, 0.6) is 0 Å². The third-order valence-corrected chi connectivity index (χ3v) is 6.25. The zero-order valence-corrected chi connectivity index (χ0v) is 19.5. The molecule has 0 saturated heterocycles. The number of allylic oxidation sites excluding steroid dienone is 1. The lowest BCUT2D eigenvalue weighted by atomic mass is 9.79. The van der Waals surface area contributed by atoms with Crippen molar-refractivity contribution in [3.05, 3.63) is 83.2 Å². The number of nitrogens with one attached hydrogen (secondary N) is 1. The summed E-state index contributed by atoms with van der Waals surface area (Å²) < 4.78 is 7.68. The summed E-state index contributed by atoms with van der Waals surface area (Å²) in [6, 6.07) is 13.0. The number of aliphatic imine (C=N–C) groups is 1. The van der Waals surface area contributed by atoms with E-state index in [-0.39, 0.29) is 24.0 Å². The summed E-state index contributed by atoms with van der Waals surface area (Å²) in [5.41, 5.74) is 2.06. The zero-order chi connectivity index (χ0) is 23.5. The Hall–Kier alpha value is -3.36. The number of pyridine rings is 1. The van der Waals surface area contributed by atoms with Gasteiger partial charge in [0.15, 0.2) is 5.82 Å². The molecule has 1 fully saturated rings. The van der Waals surface area contributed by atoms with Gasteiger partial charge < -0.3 is 10.1 Å². The minimum atomic E-state index is -0.161. The molecular weight excluding hydrogens is 452 g/mol. The van der Waals surface area contributed by atoms with Gasteiger partial charge >= 0.3 is 0 Å². The molecule has 8 nitrogen and oxygen atoms in total. The molecule has 0 bridgehead atoms. The van der Waals surface area contributed by atoms with E-state index in [0.29, 0.717) is 29.7 Å². The first kappa shape index (κ1) is 22.4. The second-order valence-electron chi connectivity index (χ2n) is 8.33. The lowest BCUT2D eigenvalue weighted by Crippen LogP contribution is -2.44. The Morgan fingerprint density at radius 1 is 1.21 bits per heavy atom. The summed E-state index contributed by atoms with van der Waals surface area (Å²) in [6.45, 7) is 3.16. The normalized spacial score (nSPS) is 21.6. The number of nitrogens with zero attached hydrogens (tertiary/aromatic N) is 5. The van der Waals surface area contributed by atoms with Crippen molar-refractivity contribution in [1.82, 2.24) is 25.1 Å². The van der Waals surface area contributed by atoms with Gasteiger partial charge in [-0.25, -0.2) is 0 Å². The maximum atomic E-state index is 12.4. The van der Waals surface area contributed by atoms with Crippen LogP contribution in [-0.2, 0) is 4.74 Å². The van der Waals surface area contributed by atoms with E-state index in [1.54, 1.807) is 24.4 Å². The maximum absolute atomic E-state index is 12.4. The van der Waals surface area contributed by atoms with Gasteiger partial charge in [-0.2, -0.15) is 0 Å². The average Bonchev–Trinajstić information content (AvgIpc) is 3.27. The van der Waals surface area contributed by atoms with Crippen molar-refractivity contribution in [3.8, 4) is 5.69 Å². The quantitative estimate of drug-likeness (QED) is 0.560. The first-order valence-corrected chi connectivity index (χ1v) is 11.8. The average molecular weight is 477 g/mol. The molecule has 3 aromatic rings. The zero-order valence-electron chi connectivity index (χ0n) is 18.8. The highest BCUT2D eigenvalue weighted by atomic mass is 35.5. The van der Waals surface area contributed by atoms with E-state index in [1.807, 2.05) is 47.9 Å². The molecule has 1 aromatic carbocycles. The van der Waals surface area contributed by atoms with E-state index in [9.17, 15) is 4.79 Å². The number of benzene rings is 1. The van der Waals surface area contributed by atoms with Crippen LogP contribution in [0.15, 0.2) is 65.8 Å². The molecule has 1 N–H and O–H groups in total. The highest BCUT2D eigenvalue weighted by Gasteiger charge is 2.36. The number of halogens is 1. The number of amides is 1. The van der Waals surface area contributed by atoms with Crippen LogP contribution < -0.4 is 5.32 Å². The molecule has 5 rings (SSSR count). The molecule has 2 aromatic heterocycles. The van der Waals surface area contributed by atoms with Crippen molar-refractivity contribution in [2.24, 2.45) is 4.99 Å². The van der Waals surface area contributed by atoms with Crippen molar-refractivity contribution in [2.75, 3.05) is 13.2 Å².